The van der Waals surface area contributed by atoms with E-state index < -0.39 is 0 Å². The number of H-pyrrole nitrogens is 1. The van der Waals surface area contributed by atoms with E-state index in [1.807, 2.05) is 0 Å². The largest absolute Gasteiger partial charge is 0.316 e. The van der Waals surface area contributed by atoms with Gasteiger partial charge in [0, 0.05) is 11.5 Å². The van der Waals surface area contributed by atoms with Gasteiger partial charge in [-0.2, -0.15) is 15.4 Å². The lowest BCUT2D eigenvalue weighted by Gasteiger charge is -2.54. The maximum Gasteiger partial charge on any atom is 0.125 e. The number of fused-ring (bicyclic) bond motifs is 3. The standard InChI is InChI=1S/C17H23FN4/c1-2-6-17(11-4-3-5-12(17)10-19-9-11)14-7-13(18)8-15-16(14)21-22-20-15/h7-8,11-12,19H,2-6,9-10H2,1H3,(H,20,21,22). The molecule has 2 unspecified atom stereocenters. The van der Waals surface area contributed by atoms with Crippen LogP contribution in [0.1, 0.15) is 44.6 Å². The molecule has 2 fully saturated rings. The fourth-order valence-electron chi connectivity index (χ4n) is 5.13. The molecule has 1 aliphatic heterocycles. The third-order valence-electron chi connectivity index (χ3n) is 5.90. The van der Waals surface area contributed by atoms with Gasteiger partial charge in [0.05, 0.1) is 0 Å². The first-order valence-electron chi connectivity index (χ1n) is 8.47. The van der Waals surface area contributed by atoms with E-state index >= 15 is 0 Å². The minimum Gasteiger partial charge on any atom is -0.316 e. The highest BCUT2D eigenvalue weighted by molar-refractivity contribution is 5.79. The Morgan fingerprint density at radius 1 is 1.23 bits per heavy atom. The van der Waals surface area contributed by atoms with Crippen LogP contribution in [0.3, 0.4) is 0 Å². The number of aromatic nitrogens is 3. The van der Waals surface area contributed by atoms with Crippen molar-refractivity contribution in [1.29, 1.82) is 0 Å². The summed E-state index contributed by atoms with van der Waals surface area (Å²) in [4.78, 5) is 0. The lowest BCUT2D eigenvalue weighted by Crippen LogP contribution is -2.57. The van der Waals surface area contributed by atoms with Gasteiger partial charge in [-0.05, 0) is 55.8 Å². The molecule has 0 spiro atoms. The van der Waals surface area contributed by atoms with Crippen molar-refractivity contribution in [1.82, 2.24) is 20.7 Å². The number of nitrogens with one attached hydrogen (secondary N) is 2. The van der Waals surface area contributed by atoms with Crippen molar-refractivity contribution in [3.05, 3.63) is 23.5 Å². The molecule has 1 saturated carbocycles. The van der Waals surface area contributed by atoms with Crippen molar-refractivity contribution in [3.8, 4) is 0 Å². The second-order valence-electron chi connectivity index (χ2n) is 6.92. The molecule has 1 aromatic carbocycles. The van der Waals surface area contributed by atoms with Crippen LogP contribution in [0.25, 0.3) is 11.0 Å². The van der Waals surface area contributed by atoms with E-state index in [2.05, 4.69) is 27.7 Å². The molecule has 2 aliphatic rings. The molecule has 2 atom stereocenters. The summed E-state index contributed by atoms with van der Waals surface area (Å²) in [5, 5.41) is 14.8. The molecule has 2 aromatic rings. The Morgan fingerprint density at radius 2 is 2.00 bits per heavy atom. The minimum atomic E-state index is -0.191. The van der Waals surface area contributed by atoms with Gasteiger partial charge in [-0.1, -0.05) is 19.8 Å². The van der Waals surface area contributed by atoms with Crippen molar-refractivity contribution < 1.29 is 4.39 Å². The van der Waals surface area contributed by atoms with E-state index in [1.165, 1.54) is 25.3 Å². The first-order chi connectivity index (χ1) is 10.8. The Balaban J connectivity index is 1.96. The van der Waals surface area contributed by atoms with E-state index in [-0.39, 0.29) is 11.2 Å². The van der Waals surface area contributed by atoms with E-state index in [1.54, 1.807) is 6.07 Å². The Bertz CT molecular complexity index is 658. The first-order valence-corrected chi connectivity index (χ1v) is 8.47. The van der Waals surface area contributed by atoms with Gasteiger partial charge in [-0.3, -0.25) is 0 Å². The first kappa shape index (κ1) is 14.1. The van der Waals surface area contributed by atoms with E-state index in [0.717, 1.165) is 37.0 Å². The van der Waals surface area contributed by atoms with Crippen molar-refractivity contribution in [2.45, 2.75) is 44.4 Å². The second kappa shape index (κ2) is 5.30. The van der Waals surface area contributed by atoms with Gasteiger partial charge >= 0.3 is 0 Å². The fourth-order valence-corrected chi connectivity index (χ4v) is 5.13. The highest BCUT2D eigenvalue weighted by atomic mass is 19.1. The predicted octanol–water partition coefficient (Wildman–Crippen LogP) is 3.15. The maximum absolute atomic E-state index is 14.2. The van der Waals surface area contributed by atoms with Crippen LogP contribution in [-0.2, 0) is 5.41 Å². The average Bonchev–Trinajstić information content (AvgIpc) is 2.94. The van der Waals surface area contributed by atoms with Crippen molar-refractivity contribution in [3.63, 3.8) is 0 Å². The molecule has 4 nitrogen and oxygen atoms in total. The number of aromatic amines is 1. The zero-order valence-electron chi connectivity index (χ0n) is 13.0. The van der Waals surface area contributed by atoms with Crippen LogP contribution in [0.4, 0.5) is 4.39 Å². The number of rotatable bonds is 3. The summed E-state index contributed by atoms with van der Waals surface area (Å²) < 4.78 is 14.2. The van der Waals surface area contributed by atoms with Gasteiger partial charge < -0.3 is 5.32 Å². The molecule has 2 N–H and O–H groups in total. The topological polar surface area (TPSA) is 53.6 Å². The van der Waals surface area contributed by atoms with Gasteiger partial charge in [0.2, 0.25) is 0 Å². The van der Waals surface area contributed by atoms with Gasteiger partial charge in [-0.15, -0.1) is 0 Å². The molecule has 118 valence electrons. The SMILES string of the molecule is CCCC1(c2cc(F)cc3n[nH]nc23)C2CCCC1CNC2. The minimum absolute atomic E-state index is 0.0511. The summed E-state index contributed by atoms with van der Waals surface area (Å²) in [6, 6.07) is 3.22. The van der Waals surface area contributed by atoms with Crippen LogP contribution in [-0.4, -0.2) is 28.5 Å². The monoisotopic (exact) mass is 302 g/mol. The molecule has 2 heterocycles. The molecule has 2 bridgehead atoms. The summed E-state index contributed by atoms with van der Waals surface area (Å²) in [7, 11) is 0. The van der Waals surface area contributed by atoms with Crippen LogP contribution in [0, 0.1) is 17.7 Å². The smallest absolute Gasteiger partial charge is 0.125 e. The zero-order chi connectivity index (χ0) is 15.2. The molecule has 22 heavy (non-hydrogen) atoms. The normalized spacial score (nSPS) is 31.5. The molecule has 0 amide bonds. The average molecular weight is 302 g/mol. The number of hydrogen-bond acceptors (Lipinski definition) is 3. The van der Waals surface area contributed by atoms with Gasteiger partial charge in [0.25, 0.3) is 0 Å². The summed E-state index contributed by atoms with van der Waals surface area (Å²) in [5.41, 5.74) is 2.67. The molecule has 0 radical (unpaired) electrons. The predicted molar refractivity (Wildman–Crippen MR) is 84.1 cm³/mol. The van der Waals surface area contributed by atoms with Crippen molar-refractivity contribution in [2.24, 2.45) is 11.8 Å². The lowest BCUT2D eigenvalue weighted by atomic mass is 9.53. The van der Waals surface area contributed by atoms with Gasteiger partial charge in [0.1, 0.15) is 16.9 Å². The number of hydrogen-bond donors (Lipinski definition) is 2. The van der Waals surface area contributed by atoms with Crippen LogP contribution < -0.4 is 5.32 Å². The number of piperidine rings is 1. The second-order valence-corrected chi connectivity index (χ2v) is 6.92. The highest BCUT2D eigenvalue weighted by Crippen LogP contribution is 2.53. The molecular formula is C17H23FN4. The molecule has 4 rings (SSSR count). The van der Waals surface area contributed by atoms with Gasteiger partial charge in [-0.25, -0.2) is 4.39 Å². The lowest BCUT2D eigenvalue weighted by molar-refractivity contribution is 0.0584. The van der Waals surface area contributed by atoms with Gasteiger partial charge in [0.15, 0.2) is 0 Å². The van der Waals surface area contributed by atoms with E-state index in [0.29, 0.717) is 17.4 Å². The quantitative estimate of drug-likeness (QED) is 0.915. The van der Waals surface area contributed by atoms with Crippen LogP contribution in [0.15, 0.2) is 12.1 Å². The maximum atomic E-state index is 14.2. The zero-order valence-corrected chi connectivity index (χ0v) is 13.0. The number of halogens is 1. The molecule has 5 heteroatoms. The number of nitrogens with zero attached hydrogens (tertiary/aromatic N) is 2. The van der Waals surface area contributed by atoms with E-state index in [9.17, 15) is 4.39 Å². The van der Waals surface area contributed by atoms with Crippen LogP contribution in [0.2, 0.25) is 0 Å². The summed E-state index contributed by atoms with van der Waals surface area (Å²) >= 11 is 0. The summed E-state index contributed by atoms with van der Waals surface area (Å²) in [5.74, 6) is 0.951. The van der Waals surface area contributed by atoms with Crippen molar-refractivity contribution >= 4 is 11.0 Å². The fraction of sp³-hybridized carbons (Fsp3) is 0.647. The van der Waals surface area contributed by atoms with Crippen LogP contribution in [0.5, 0.6) is 0 Å². The molecular weight excluding hydrogens is 279 g/mol. The Hall–Kier alpha value is -1.49. The summed E-state index contributed by atoms with van der Waals surface area (Å²) in [6.45, 7) is 4.30. The van der Waals surface area contributed by atoms with E-state index in [4.69, 9.17) is 0 Å². The molecule has 1 aliphatic carbocycles. The Labute approximate surface area is 129 Å². The third-order valence-corrected chi connectivity index (χ3v) is 5.90. The Kier molecular flexibility index (Phi) is 3.40. The number of benzene rings is 1. The molecule has 1 saturated heterocycles. The Morgan fingerprint density at radius 3 is 2.73 bits per heavy atom. The van der Waals surface area contributed by atoms with Crippen LogP contribution >= 0.6 is 0 Å². The highest BCUT2D eigenvalue weighted by Gasteiger charge is 2.51. The third kappa shape index (κ3) is 1.91. The summed E-state index contributed by atoms with van der Waals surface area (Å²) in [6.07, 6.45) is 5.96. The molecule has 1 aromatic heterocycles. The van der Waals surface area contributed by atoms with Crippen molar-refractivity contribution in [2.75, 3.05) is 13.1 Å².